The van der Waals surface area contributed by atoms with E-state index in [2.05, 4.69) is 5.32 Å². The Labute approximate surface area is 171 Å². The fraction of sp³-hybridized carbons (Fsp3) is 0.0952. The molecule has 0 unspecified atom stereocenters. The summed E-state index contributed by atoms with van der Waals surface area (Å²) in [4.78, 5) is 34.5. The fourth-order valence-corrected chi connectivity index (χ4v) is 2.83. The van der Waals surface area contributed by atoms with Crippen molar-refractivity contribution < 1.29 is 19.4 Å². The lowest BCUT2D eigenvalue weighted by Gasteiger charge is -2.19. The summed E-state index contributed by atoms with van der Waals surface area (Å²) in [6.45, 7) is 1.70. The number of anilines is 1. The topological polar surface area (TPSA) is 125 Å². The molecule has 3 rings (SSSR count). The molecule has 152 valence electrons. The molecule has 1 atom stereocenters. The van der Waals surface area contributed by atoms with E-state index in [1.54, 1.807) is 49.4 Å². The second-order valence-corrected chi connectivity index (χ2v) is 6.40. The van der Waals surface area contributed by atoms with Crippen molar-refractivity contribution in [1.82, 2.24) is 0 Å². The first kappa shape index (κ1) is 20.5. The summed E-state index contributed by atoms with van der Waals surface area (Å²) in [5.41, 5.74) is 0.537. The van der Waals surface area contributed by atoms with Gasteiger partial charge in [0.1, 0.15) is 5.69 Å². The quantitative estimate of drug-likeness (QED) is 0.452. The maximum atomic E-state index is 13.0. The van der Waals surface area contributed by atoms with Crippen LogP contribution in [0.3, 0.4) is 0 Å². The highest BCUT2D eigenvalue weighted by atomic mass is 16.6. The van der Waals surface area contributed by atoms with Crippen LogP contribution in [-0.4, -0.2) is 15.8 Å². The Balaban J connectivity index is 1.97. The largest absolute Gasteiger partial charge is 0.469 e. The zero-order chi connectivity index (χ0) is 21.7. The summed E-state index contributed by atoms with van der Waals surface area (Å²) in [7, 11) is 0. The number of nitrogens with one attached hydrogen (secondary N) is 1. The number of hydrogen-bond donors (Lipinski definition) is 1. The molecule has 0 aliphatic heterocycles. The third-order valence-electron chi connectivity index (χ3n) is 4.26. The van der Waals surface area contributed by atoms with Crippen LogP contribution < -0.4 is 10.1 Å². The second-order valence-electron chi connectivity index (χ2n) is 6.40. The van der Waals surface area contributed by atoms with Crippen LogP contribution in [0.15, 0.2) is 72.8 Å². The number of ether oxygens (including phenoxy) is 1. The molecule has 3 aromatic carbocycles. The van der Waals surface area contributed by atoms with Gasteiger partial charge in [-0.25, -0.2) is 0 Å². The fourth-order valence-electron chi connectivity index (χ4n) is 2.83. The van der Waals surface area contributed by atoms with Gasteiger partial charge < -0.3 is 10.1 Å². The third kappa shape index (κ3) is 4.58. The van der Waals surface area contributed by atoms with Crippen LogP contribution in [0.4, 0.5) is 17.1 Å². The lowest BCUT2D eigenvalue weighted by atomic mass is 10.1. The van der Waals surface area contributed by atoms with Crippen molar-refractivity contribution in [3.63, 3.8) is 0 Å². The molecule has 1 N–H and O–H groups in total. The van der Waals surface area contributed by atoms with Crippen molar-refractivity contribution in [2.75, 3.05) is 5.32 Å². The van der Waals surface area contributed by atoms with Gasteiger partial charge >= 0.3 is 5.69 Å². The maximum Gasteiger partial charge on any atom is 0.310 e. The molecule has 0 fully saturated rings. The minimum absolute atomic E-state index is 0.00249. The molecule has 3 aromatic rings. The van der Waals surface area contributed by atoms with Gasteiger partial charge in [-0.1, -0.05) is 48.5 Å². The molecule has 0 bridgehead atoms. The van der Waals surface area contributed by atoms with E-state index in [4.69, 9.17) is 4.74 Å². The number of rotatable bonds is 7. The second kappa shape index (κ2) is 8.82. The molecule has 0 aliphatic rings. The van der Waals surface area contributed by atoms with Crippen LogP contribution in [0.5, 0.6) is 5.75 Å². The molecule has 0 heterocycles. The van der Waals surface area contributed by atoms with Gasteiger partial charge in [-0.2, -0.15) is 0 Å². The van der Waals surface area contributed by atoms with Crippen molar-refractivity contribution in [2.45, 2.75) is 13.0 Å². The number of amides is 1. The van der Waals surface area contributed by atoms with E-state index in [1.165, 1.54) is 30.3 Å². The maximum absolute atomic E-state index is 13.0. The Morgan fingerprint density at radius 2 is 1.53 bits per heavy atom. The normalized spacial score (nSPS) is 11.4. The Kier molecular flexibility index (Phi) is 6.02. The molecule has 0 radical (unpaired) electrons. The van der Waals surface area contributed by atoms with Crippen LogP contribution >= 0.6 is 0 Å². The first-order valence-corrected chi connectivity index (χ1v) is 8.87. The minimum atomic E-state index is -1.27. The molecular formula is C21H17N3O6. The zero-order valence-corrected chi connectivity index (χ0v) is 15.8. The lowest BCUT2D eigenvalue weighted by Crippen LogP contribution is -2.26. The van der Waals surface area contributed by atoms with Crippen LogP contribution in [0.2, 0.25) is 0 Å². The van der Waals surface area contributed by atoms with Crippen LogP contribution in [0.25, 0.3) is 0 Å². The number of nitrogens with zero attached hydrogens (tertiary/aromatic N) is 2. The minimum Gasteiger partial charge on any atom is -0.469 e. The summed E-state index contributed by atoms with van der Waals surface area (Å²) < 4.78 is 5.73. The smallest absolute Gasteiger partial charge is 0.310 e. The SMILES string of the molecule is Cc1ccc(NC(=O)[C@H](Oc2ccccc2[N+](=O)[O-])c2ccccc2)c([N+](=O)[O-])c1. The van der Waals surface area contributed by atoms with Crippen molar-refractivity contribution in [1.29, 1.82) is 0 Å². The summed E-state index contributed by atoms with van der Waals surface area (Å²) >= 11 is 0. The van der Waals surface area contributed by atoms with E-state index >= 15 is 0 Å². The third-order valence-corrected chi connectivity index (χ3v) is 4.26. The van der Waals surface area contributed by atoms with Crippen molar-refractivity contribution in [3.05, 3.63) is 104 Å². The molecular weight excluding hydrogens is 390 g/mol. The number of benzene rings is 3. The average Bonchev–Trinajstić information content (AvgIpc) is 2.73. The predicted molar refractivity (Wildman–Crippen MR) is 109 cm³/mol. The van der Waals surface area contributed by atoms with Gasteiger partial charge in [0, 0.05) is 17.7 Å². The lowest BCUT2D eigenvalue weighted by molar-refractivity contribution is -0.386. The standard InChI is InChI=1S/C21H17N3O6/c1-14-11-12-16(18(13-14)24(28)29)22-21(25)20(15-7-3-2-4-8-15)30-19-10-6-5-9-17(19)23(26)27/h2-13,20H,1H3,(H,22,25)/t20-/m1/s1. The highest BCUT2D eigenvalue weighted by Gasteiger charge is 2.28. The highest BCUT2D eigenvalue weighted by Crippen LogP contribution is 2.32. The Bertz CT molecular complexity index is 1100. The summed E-state index contributed by atoms with van der Waals surface area (Å²) in [5.74, 6) is -0.795. The monoisotopic (exact) mass is 407 g/mol. The van der Waals surface area contributed by atoms with Gasteiger partial charge in [-0.15, -0.1) is 0 Å². The van der Waals surface area contributed by atoms with Crippen molar-refractivity contribution >= 4 is 23.0 Å². The van der Waals surface area contributed by atoms with Gasteiger partial charge in [-0.05, 0) is 24.6 Å². The number of para-hydroxylation sites is 2. The van der Waals surface area contributed by atoms with Crippen molar-refractivity contribution in [2.24, 2.45) is 0 Å². The molecule has 0 aromatic heterocycles. The molecule has 1 amide bonds. The summed E-state index contributed by atoms with van der Waals surface area (Å²) in [5, 5.41) is 25.2. The highest BCUT2D eigenvalue weighted by molar-refractivity contribution is 5.97. The van der Waals surface area contributed by atoms with Gasteiger partial charge in [0.05, 0.1) is 9.85 Å². The zero-order valence-electron chi connectivity index (χ0n) is 15.8. The van der Waals surface area contributed by atoms with Gasteiger partial charge in [0.25, 0.3) is 11.6 Å². The summed E-state index contributed by atoms with van der Waals surface area (Å²) in [6.07, 6.45) is -1.27. The van der Waals surface area contributed by atoms with Gasteiger partial charge in [0.2, 0.25) is 6.10 Å². The van der Waals surface area contributed by atoms with E-state index < -0.39 is 21.9 Å². The number of aryl methyl sites for hydroxylation is 1. The van der Waals surface area contributed by atoms with Crippen LogP contribution in [-0.2, 0) is 4.79 Å². The first-order valence-electron chi connectivity index (χ1n) is 8.87. The van der Waals surface area contributed by atoms with Crippen LogP contribution in [0.1, 0.15) is 17.2 Å². The molecule has 0 spiro atoms. The molecule has 30 heavy (non-hydrogen) atoms. The number of carbonyl (C=O) groups is 1. The molecule has 9 nitrogen and oxygen atoms in total. The molecule has 9 heteroatoms. The van der Waals surface area contributed by atoms with E-state index in [0.29, 0.717) is 11.1 Å². The van der Waals surface area contributed by atoms with Crippen molar-refractivity contribution in [3.8, 4) is 5.75 Å². The Hall–Kier alpha value is -4.27. The Morgan fingerprint density at radius 1 is 0.900 bits per heavy atom. The number of nitro groups is 2. The van der Waals surface area contributed by atoms with E-state index in [-0.39, 0.29) is 22.8 Å². The van der Waals surface area contributed by atoms with E-state index in [0.717, 1.165) is 0 Å². The number of nitro benzene ring substituents is 2. The van der Waals surface area contributed by atoms with E-state index in [9.17, 15) is 25.0 Å². The molecule has 0 saturated heterocycles. The predicted octanol–water partition coefficient (Wildman–Crippen LogP) is 4.57. The molecule has 0 saturated carbocycles. The number of carbonyl (C=O) groups excluding carboxylic acids is 1. The number of hydrogen-bond acceptors (Lipinski definition) is 6. The van der Waals surface area contributed by atoms with E-state index in [1.807, 2.05) is 0 Å². The Morgan fingerprint density at radius 3 is 2.20 bits per heavy atom. The van der Waals surface area contributed by atoms with Crippen LogP contribution in [0, 0.1) is 27.2 Å². The molecule has 0 aliphatic carbocycles. The summed E-state index contributed by atoms with van der Waals surface area (Å²) in [6, 6.07) is 18.5. The van der Waals surface area contributed by atoms with Gasteiger partial charge in [0.15, 0.2) is 5.75 Å². The van der Waals surface area contributed by atoms with Gasteiger partial charge in [-0.3, -0.25) is 25.0 Å². The average molecular weight is 407 g/mol. The first-order chi connectivity index (χ1) is 14.4.